The summed E-state index contributed by atoms with van der Waals surface area (Å²) < 4.78 is 5.33. The van der Waals surface area contributed by atoms with E-state index in [4.69, 9.17) is 21.4 Å². The fourth-order valence-electron chi connectivity index (χ4n) is 2.34. The summed E-state index contributed by atoms with van der Waals surface area (Å²) in [4.78, 5) is 12.9. The Morgan fingerprint density at radius 1 is 1.42 bits per heavy atom. The van der Waals surface area contributed by atoms with Crippen molar-refractivity contribution in [3.05, 3.63) is 29.3 Å². The highest BCUT2D eigenvalue weighted by molar-refractivity contribution is 6.30. The Kier molecular flexibility index (Phi) is 5.05. The molecule has 2 rings (SSSR count). The van der Waals surface area contributed by atoms with E-state index in [9.17, 15) is 4.79 Å². The smallest absolute Gasteiger partial charge is 0.323 e. The molecule has 1 fully saturated rings. The second kappa shape index (κ2) is 6.78. The van der Waals surface area contributed by atoms with Crippen LogP contribution in [0.15, 0.2) is 24.3 Å². The molecule has 1 aromatic carbocycles. The van der Waals surface area contributed by atoms with Crippen LogP contribution >= 0.6 is 11.6 Å². The van der Waals surface area contributed by atoms with Gasteiger partial charge in [-0.3, -0.25) is 4.79 Å². The van der Waals surface area contributed by atoms with Gasteiger partial charge in [0.1, 0.15) is 6.54 Å². The van der Waals surface area contributed by atoms with E-state index in [0.717, 1.165) is 38.3 Å². The summed E-state index contributed by atoms with van der Waals surface area (Å²) in [5.41, 5.74) is 0.862. The van der Waals surface area contributed by atoms with Crippen LogP contribution in [-0.2, 0) is 9.53 Å². The molecule has 1 aliphatic rings. The fraction of sp³-hybridized carbons (Fsp3) is 0.500. The Bertz CT molecular complexity index is 432. The van der Waals surface area contributed by atoms with Crippen molar-refractivity contribution in [1.82, 2.24) is 0 Å². The lowest BCUT2D eigenvalue weighted by atomic mass is 9.99. The third-order valence-electron chi connectivity index (χ3n) is 3.32. The second-order valence-corrected chi connectivity index (χ2v) is 5.25. The molecular weight excluding hydrogens is 266 g/mol. The second-order valence-electron chi connectivity index (χ2n) is 4.81. The lowest BCUT2D eigenvalue weighted by Gasteiger charge is -2.30. The SMILES string of the molecule is O=C(O)CN(CC1CCOCC1)c1cccc(Cl)c1. The largest absolute Gasteiger partial charge is 0.480 e. The van der Waals surface area contributed by atoms with Crippen molar-refractivity contribution < 1.29 is 14.6 Å². The quantitative estimate of drug-likeness (QED) is 0.903. The molecule has 1 heterocycles. The number of carboxylic acids is 1. The number of ether oxygens (including phenoxy) is 1. The predicted octanol–water partition coefficient (Wildman–Crippen LogP) is 2.66. The van der Waals surface area contributed by atoms with Crippen LogP contribution in [0.5, 0.6) is 0 Å². The Morgan fingerprint density at radius 2 is 2.16 bits per heavy atom. The van der Waals surface area contributed by atoms with Crippen molar-refractivity contribution in [2.45, 2.75) is 12.8 Å². The summed E-state index contributed by atoms with van der Waals surface area (Å²) in [7, 11) is 0. The topological polar surface area (TPSA) is 49.8 Å². The number of rotatable bonds is 5. The number of hydrogen-bond acceptors (Lipinski definition) is 3. The molecule has 0 unspecified atom stereocenters. The minimum absolute atomic E-state index is 0.00228. The summed E-state index contributed by atoms with van der Waals surface area (Å²) in [5.74, 6) is -0.348. The monoisotopic (exact) mass is 283 g/mol. The van der Waals surface area contributed by atoms with E-state index < -0.39 is 5.97 Å². The number of hydrogen-bond donors (Lipinski definition) is 1. The van der Waals surface area contributed by atoms with Gasteiger partial charge in [-0.15, -0.1) is 0 Å². The van der Waals surface area contributed by atoms with Gasteiger partial charge in [0, 0.05) is 30.5 Å². The molecule has 0 radical (unpaired) electrons. The van der Waals surface area contributed by atoms with Gasteiger partial charge in [-0.05, 0) is 37.0 Å². The van der Waals surface area contributed by atoms with Crippen LogP contribution in [0.2, 0.25) is 5.02 Å². The van der Waals surface area contributed by atoms with Crippen LogP contribution in [0.1, 0.15) is 12.8 Å². The van der Waals surface area contributed by atoms with Crippen LogP contribution in [0.3, 0.4) is 0 Å². The summed E-state index contributed by atoms with van der Waals surface area (Å²) in [6.07, 6.45) is 1.97. The maximum Gasteiger partial charge on any atom is 0.323 e. The van der Waals surface area contributed by atoms with Gasteiger partial charge in [-0.25, -0.2) is 0 Å². The summed E-state index contributed by atoms with van der Waals surface area (Å²) in [5, 5.41) is 9.67. The first-order valence-electron chi connectivity index (χ1n) is 6.45. The van der Waals surface area contributed by atoms with Crippen molar-refractivity contribution >= 4 is 23.3 Å². The van der Waals surface area contributed by atoms with E-state index in [2.05, 4.69) is 0 Å². The summed E-state index contributed by atoms with van der Waals surface area (Å²) in [6, 6.07) is 7.34. The minimum atomic E-state index is -0.827. The molecule has 0 saturated carbocycles. The molecule has 0 aromatic heterocycles. The third-order valence-corrected chi connectivity index (χ3v) is 3.55. The molecule has 1 N–H and O–H groups in total. The van der Waals surface area contributed by atoms with Crippen molar-refractivity contribution in [3.63, 3.8) is 0 Å². The highest BCUT2D eigenvalue weighted by Gasteiger charge is 2.19. The summed E-state index contributed by atoms with van der Waals surface area (Å²) >= 11 is 5.97. The van der Waals surface area contributed by atoms with Crippen molar-refractivity contribution in [2.75, 3.05) is 31.2 Å². The number of nitrogens with zero attached hydrogens (tertiary/aromatic N) is 1. The number of aliphatic carboxylic acids is 1. The molecule has 0 amide bonds. The molecule has 0 atom stereocenters. The normalized spacial score (nSPS) is 16.3. The van der Waals surface area contributed by atoms with E-state index in [-0.39, 0.29) is 6.54 Å². The average molecular weight is 284 g/mol. The van der Waals surface area contributed by atoms with Crippen LogP contribution < -0.4 is 4.90 Å². The maximum absolute atomic E-state index is 11.0. The predicted molar refractivity (Wildman–Crippen MR) is 74.8 cm³/mol. The Labute approximate surface area is 117 Å². The molecule has 0 aliphatic carbocycles. The fourth-order valence-corrected chi connectivity index (χ4v) is 2.52. The number of benzene rings is 1. The van der Waals surface area contributed by atoms with Crippen LogP contribution in [0.25, 0.3) is 0 Å². The van der Waals surface area contributed by atoms with Gasteiger partial charge in [-0.1, -0.05) is 17.7 Å². The van der Waals surface area contributed by atoms with Gasteiger partial charge in [0.25, 0.3) is 0 Å². The molecule has 0 bridgehead atoms. The molecule has 0 spiro atoms. The molecule has 1 aromatic rings. The average Bonchev–Trinajstić information content (AvgIpc) is 2.39. The van der Waals surface area contributed by atoms with Gasteiger partial charge in [0.2, 0.25) is 0 Å². The molecule has 1 saturated heterocycles. The first-order chi connectivity index (χ1) is 9.15. The Balaban J connectivity index is 2.08. The number of carbonyl (C=O) groups is 1. The van der Waals surface area contributed by atoms with E-state index >= 15 is 0 Å². The molecular formula is C14H18ClNO3. The van der Waals surface area contributed by atoms with E-state index in [1.54, 1.807) is 6.07 Å². The Morgan fingerprint density at radius 3 is 2.79 bits per heavy atom. The highest BCUT2D eigenvalue weighted by Crippen LogP contribution is 2.23. The zero-order valence-corrected chi connectivity index (χ0v) is 11.5. The van der Waals surface area contributed by atoms with E-state index in [1.807, 2.05) is 23.1 Å². The van der Waals surface area contributed by atoms with Gasteiger partial charge in [-0.2, -0.15) is 0 Å². The first-order valence-corrected chi connectivity index (χ1v) is 6.83. The van der Waals surface area contributed by atoms with E-state index in [1.165, 1.54) is 0 Å². The number of halogens is 1. The van der Waals surface area contributed by atoms with Crippen LogP contribution in [-0.4, -0.2) is 37.4 Å². The van der Waals surface area contributed by atoms with Gasteiger partial charge < -0.3 is 14.7 Å². The first kappa shape index (κ1) is 14.2. The zero-order chi connectivity index (χ0) is 13.7. The number of carboxylic acid groups (broad SMARTS) is 1. The molecule has 4 nitrogen and oxygen atoms in total. The molecule has 1 aliphatic heterocycles. The molecule has 5 heteroatoms. The van der Waals surface area contributed by atoms with Crippen molar-refractivity contribution in [3.8, 4) is 0 Å². The minimum Gasteiger partial charge on any atom is -0.480 e. The molecule has 19 heavy (non-hydrogen) atoms. The lowest BCUT2D eigenvalue weighted by molar-refractivity contribution is -0.135. The Hall–Kier alpha value is -1.26. The van der Waals surface area contributed by atoms with Crippen molar-refractivity contribution in [1.29, 1.82) is 0 Å². The van der Waals surface area contributed by atoms with Crippen molar-refractivity contribution in [2.24, 2.45) is 5.92 Å². The summed E-state index contributed by atoms with van der Waals surface area (Å²) in [6.45, 7) is 2.26. The number of anilines is 1. The van der Waals surface area contributed by atoms with Crippen LogP contribution in [0.4, 0.5) is 5.69 Å². The van der Waals surface area contributed by atoms with Gasteiger partial charge >= 0.3 is 5.97 Å². The third kappa shape index (κ3) is 4.40. The lowest BCUT2D eigenvalue weighted by Crippen LogP contribution is -2.36. The highest BCUT2D eigenvalue weighted by atomic mass is 35.5. The van der Waals surface area contributed by atoms with Gasteiger partial charge in [0.15, 0.2) is 0 Å². The molecule has 104 valence electrons. The van der Waals surface area contributed by atoms with Crippen LogP contribution in [0, 0.1) is 5.92 Å². The van der Waals surface area contributed by atoms with E-state index in [0.29, 0.717) is 10.9 Å². The van der Waals surface area contributed by atoms with Gasteiger partial charge in [0.05, 0.1) is 0 Å². The zero-order valence-electron chi connectivity index (χ0n) is 10.7. The standard InChI is InChI=1S/C14H18ClNO3/c15-12-2-1-3-13(8-12)16(10-14(17)18)9-11-4-6-19-7-5-11/h1-3,8,11H,4-7,9-10H2,(H,17,18). The maximum atomic E-state index is 11.0.